The van der Waals surface area contributed by atoms with Crippen LogP contribution in [-0.2, 0) is 11.3 Å². The van der Waals surface area contributed by atoms with Crippen molar-refractivity contribution < 1.29 is 19.1 Å². The van der Waals surface area contributed by atoms with Gasteiger partial charge < -0.3 is 19.7 Å². The van der Waals surface area contributed by atoms with Gasteiger partial charge in [0.05, 0.1) is 10.6 Å². The van der Waals surface area contributed by atoms with Crippen molar-refractivity contribution in [1.82, 2.24) is 5.32 Å². The number of rotatable bonds is 4. The molecule has 7 heteroatoms. The van der Waals surface area contributed by atoms with E-state index < -0.39 is 0 Å². The summed E-state index contributed by atoms with van der Waals surface area (Å²) in [6.07, 6.45) is 1.92. The molecule has 0 aromatic heterocycles. The zero-order valence-corrected chi connectivity index (χ0v) is 19.1. The maximum absolute atomic E-state index is 13.0. The van der Waals surface area contributed by atoms with E-state index in [4.69, 9.17) is 9.47 Å². The lowest BCUT2D eigenvalue weighted by molar-refractivity contribution is -0.114. The van der Waals surface area contributed by atoms with Crippen molar-refractivity contribution in [3.05, 3.63) is 87.8 Å². The third kappa shape index (κ3) is 4.19. The van der Waals surface area contributed by atoms with Gasteiger partial charge in [-0.1, -0.05) is 42.1 Å². The number of likely N-dealkylation sites (N-methyl/N-ethyl adjacent to an activating group) is 1. The Balaban J connectivity index is 1.33. The lowest BCUT2D eigenvalue weighted by Gasteiger charge is -2.27. The fourth-order valence-electron chi connectivity index (χ4n) is 3.76. The Kier molecular flexibility index (Phi) is 5.56. The third-order valence-corrected chi connectivity index (χ3v) is 6.76. The largest absolute Gasteiger partial charge is 0.454 e. The molecule has 0 spiro atoms. The SMILES string of the molecule is Cc1ccccc1C=C1Sc2ccc(C(=O)NCc3ccc4c(c3)OCO4)cc2N(C)C1=O. The molecule has 6 nitrogen and oxygen atoms in total. The topological polar surface area (TPSA) is 67.9 Å². The van der Waals surface area contributed by atoms with Gasteiger partial charge in [-0.2, -0.15) is 0 Å². The molecule has 2 aliphatic heterocycles. The number of carbonyl (C=O) groups excluding carboxylic acids is 2. The van der Waals surface area contributed by atoms with Crippen molar-refractivity contribution in [3.63, 3.8) is 0 Å². The Morgan fingerprint density at radius 3 is 2.76 bits per heavy atom. The van der Waals surface area contributed by atoms with Gasteiger partial charge in [-0.05, 0) is 60.0 Å². The van der Waals surface area contributed by atoms with E-state index >= 15 is 0 Å². The molecule has 0 radical (unpaired) electrons. The fraction of sp³-hybridized carbons (Fsp3) is 0.154. The number of nitrogens with zero attached hydrogens (tertiary/aromatic N) is 1. The summed E-state index contributed by atoms with van der Waals surface area (Å²) in [4.78, 5) is 29.0. The van der Waals surface area contributed by atoms with Crippen molar-refractivity contribution >= 4 is 35.3 Å². The summed E-state index contributed by atoms with van der Waals surface area (Å²) in [7, 11) is 1.74. The lowest BCUT2D eigenvalue weighted by Crippen LogP contribution is -2.31. The Hall–Kier alpha value is -3.71. The van der Waals surface area contributed by atoms with Gasteiger partial charge in [-0.25, -0.2) is 0 Å². The zero-order chi connectivity index (χ0) is 22.9. The summed E-state index contributed by atoms with van der Waals surface area (Å²) in [6.45, 7) is 2.60. The van der Waals surface area contributed by atoms with Crippen LogP contribution in [0.2, 0.25) is 0 Å². The van der Waals surface area contributed by atoms with Gasteiger partial charge in [0.25, 0.3) is 11.8 Å². The highest BCUT2D eigenvalue weighted by Crippen LogP contribution is 2.42. The van der Waals surface area contributed by atoms with Gasteiger partial charge in [0.2, 0.25) is 6.79 Å². The first-order valence-electron chi connectivity index (χ1n) is 10.5. The molecule has 0 saturated carbocycles. The number of fused-ring (bicyclic) bond motifs is 2. The minimum Gasteiger partial charge on any atom is -0.454 e. The van der Waals surface area contributed by atoms with Crippen molar-refractivity contribution in [2.45, 2.75) is 18.4 Å². The summed E-state index contributed by atoms with van der Waals surface area (Å²) in [5.74, 6) is 1.10. The van der Waals surface area contributed by atoms with E-state index in [1.165, 1.54) is 11.8 Å². The molecule has 0 bridgehead atoms. The molecule has 1 N–H and O–H groups in total. The second-order valence-electron chi connectivity index (χ2n) is 7.88. The number of thioether (sulfide) groups is 1. The van der Waals surface area contributed by atoms with Crippen molar-refractivity contribution in [1.29, 1.82) is 0 Å². The standard InChI is InChI=1S/C26H22N2O4S/c1-16-5-3-4-6-18(16)13-24-26(30)28(2)20-12-19(8-10-23(20)33-24)25(29)27-14-17-7-9-21-22(11-17)32-15-31-21/h3-13H,14-15H2,1-2H3,(H,27,29). The first-order chi connectivity index (χ1) is 16.0. The molecule has 33 heavy (non-hydrogen) atoms. The lowest BCUT2D eigenvalue weighted by atomic mass is 10.1. The molecule has 2 aliphatic rings. The molecule has 0 unspecified atom stereocenters. The molecule has 0 aliphatic carbocycles. The van der Waals surface area contributed by atoms with Gasteiger partial charge in [0, 0.05) is 24.1 Å². The fourth-order valence-corrected chi connectivity index (χ4v) is 4.84. The number of anilines is 1. The average Bonchev–Trinajstić information content (AvgIpc) is 3.30. The number of aryl methyl sites for hydroxylation is 1. The van der Waals surface area contributed by atoms with E-state index in [-0.39, 0.29) is 18.6 Å². The molecule has 0 atom stereocenters. The van der Waals surface area contributed by atoms with Crippen LogP contribution in [0.3, 0.4) is 0 Å². The summed E-state index contributed by atoms with van der Waals surface area (Å²) < 4.78 is 10.7. The summed E-state index contributed by atoms with van der Waals surface area (Å²) in [5.41, 5.74) is 4.27. The summed E-state index contributed by atoms with van der Waals surface area (Å²) in [6, 6.07) is 19.0. The minimum absolute atomic E-state index is 0.0892. The monoisotopic (exact) mass is 458 g/mol. The molecule has 2 heterocycles. The Morgan fingerprint density at radius 1 is 1.09 bits per heavy atom. The molecule has 3 aromatic carbocycles. The van der Waals surface area contributed by atoms with E-state index in [1.807, 2.05) is 61.5 Å². The van der Waals surface area contributed by atoms with Crippen LogP contribution in [0.4, 0.5) is 5.69 Å². The minimum atomic E-state index is -0.206. The van der Waals surface area contributed by atoms with Gasteiger partial charge in [0.1, 0.15) is 0 Å². The molecule has 0 saturated heterocycles. The Labute approximate surface area is 196 Å². The number of nitrogens with one attached hydrogen (secondary N) is 1. The number of amides is 2. The van der Waals surface area contributed by atoms with E-state index in [2.05, 4.69) is 5.32 Å². The average molecular weight is 459 g/mol. The van der Waals surface area contributed by atoms with Crippen molar-refractivity contribution in [2.75, 3.05) is 18.7 Å². The molecule has 0 fully saturated rings. The summed E-state index contributed by atoms with van der Waals surface area (Å²) >= 11 is 1.43. The first kappa shape index (κ1) is 21.2. The van der Waals surface area contributed by atoms with Gasteiger partial charge in [0.15, 0.2) is 11.5 Å². The van der Waals surface area contributed by atoms with Crippen LogP contribution >= 0.6 is 11.8 Å². The van der Waals surface area contributed by atoms with E-state index in [0.717, 1.165) is 27.3 Å². The van der Waals surface area contributed by atoms with Crippen molar-refractivity contribution in [2.24, 2.45) is 0 Å². The van der Waals surface area contributed by atoms with Crippen LogP contribution in [0, 0.1) is 6.92 Å². The smallest absolute Gasteiger partial charge is 0.264 e. The molecule has 3 aromatic rings. The van der Waals surface area contributed by atoms with E-state index in [0.29, 0.717) is 28.5 Å². The number of hydrogen-bond donors (Lipinski definition) is 1. The van der Waals surface area contributed by atoms with Crippen LogP contribution in [0.1, 0.15) is 27.0 Å². The second kappa shape index (κ2) is 8.67. The second-order valence-corrected chi connectivity index (χ2v) is 8.97. The first-order valence-corrected chi connectivity index (χ1v) is 11.4. The maximum Gasteiger partial charge on any atom is 0.264 e. The highest BCUT2D eigenvalue weighted by Gasteiger charge is 2.27. The summed E-state index contributed by atoms with van der Waals surface area (Å²) in [5, 5.41) is 2.93. The Morgan fingerprint density at radius 2 is 1.91 bits per heavy atom. The maximum atomic E-state index is 13.0. The van der Waals surface area contributed by atoms with Gasteiger partial charge >= 0.3 is 0 Å². The van der Waals surface area contributed by atoms with Crippen LogP contribution in [0.5, 0.6) is 11.5 Å². The van der Waals surface area contributed by atoms with Crippen molar-refractivity contribution in [3.8, 4) is 11.5 Å². The van der Waals surface area contributed by atoms with Crippen LogP contribution in [0.15, 0.2) is 70.5 Å². The normalized spacial score (nSPS) is 15.5. The number of hydrogen-bond acceptors (Lipinski definition) is 5. The van der Waals surface area contributed by atoms with E-state index in [9.17, 15) is 9.59 Å². The predicted octanol–water partition coefficient (Wildman–Crippen LogP) is 4.76. The van der Waals surface area contributed by atoms with E-state index in [1.54, 1.807) is 24.1 Å². The highest BCUT2D eigenvalue weighted by molar-refractivity contribution is 8.04. The predicted molar refractivity (Wildman–Crippen MR) is 129 cm³/mol. The molecule has 166 valence electrons. The van der Waals surface area contributed by atoms with Crippen LogP contribution in [-0.4, -0.2) is 25.7 Å². The van der Waals surface area contributed by atoms with Gasteiger partial charge in [-0.15, -0.1) is 0 Å². The number of benzene rings is 3. The highest BCUT2D eigenvalue weighted by atomic mass is 32.2. The molecule has 5 rings (SSSR count). The number of carbonyl (C=O) groups is 2. The zero-order valence-electron chi connectivity index (χ0n) is 18.3. The third-order valence-electron chi connectivity index (χ3n) is 5.68. The molecular weight excluding hydrogens is 436 g/mol. The Bertz CT molecular complexity index is 1300. The van der Waals surface area contributed by atoms with Crippen LogP contribution < -0.4 is 19.7 Å². The molecule has 2 amide bonds. The molecular formula is C26H22N2O4S. The van der Waals surface area contributed by atoms with Crippen LogP contribution in [0.25, 0.3) is 6.08 Å². The van der Waals surface area contributed by atoms with Gasteiger partial charge in [-0.3, -0.25) is 9.59 Å². The quantitative estimate of drug-likeness (QED) is 0.571. The number of ether oxygens (including phenoxy) is 2.